The van der Waals surface area contributed by atoms with E-state index < -0.39 is 0 Å². The van der Waals surface area contributed by atoms with Crippen LogP contribution < -0.4 is 15.4 Å². The first kappa shape index (κ1) is 22.9. The molecule has 0 unspecified atom stereocenters. The lowest BCUT2D eigenvalue weighted by Gasteiger charge is -2.12. The third kappa shape index (κ3) is 5.93. The van der Waals surface area contributed by atoms with Crippen molar-refractivity contribution in [1.82, 2.24) is 0 Å². The molecule has 1 amide bonds. The molecule has 1 aliphatic carbocycles. The highest BCUT2D eigenvalue weighted by Gasteiger charge is 2.27. The van der Waals surface area contributed by atoms with Crippen LogP contribution in [-0.4, -0.2) is 25.0 Å². The predicted octanol–water partition coefficient (Wildman–Crippen LogP) is 5.43. The van der Waals surface area contributed by atoms with Crippen LogP contribution in [0.25, 0.3) is 0 Å². The first-order valence-electron chi connectivity index (χ1n) is 11.3. The van der Waals surface area contributed by atoms with Gasteiger partial charge < -0.3 is 20.1 Å². The normalized spacial score (nSPS) is 12.5. The Bertz CT molecular complexity index is 1090. The minimum absolute atomic E-state index is 0.0923. The van der Waals surface area contributed by atoms with Crippen molar-refractivity contribution >= 4 is 33.9 Å². The van der Waals surface area contributed by atoms with Crippen molar-refractivity contribution in [1.29, 1.82) is 0 Å². The van der Waals surface area contributed by atoms with Gasteiger partial charge in [0.1, 0.15) is 17.4 Å². The number of benzene rings is 2. The van der Waals surface area contributed by atoms with Crippen LogP contribution in [0, 0.1) is 0 Å². The van der Waals surface area contributed by atoms with E-state index in [-0.39, 0.29) is 18.4 Å². The summed E-state index contributed by atoms with van der Waals surface area (Å²) in [5.41, 5.74) is 3.49. The lowest BCUT2D eigenvalue weighted by atomic mass is 9.95. The third-order valence-corrected chi connectivity index (χ3v) is 6.67. The highest BCUT2D eigenvalue weighted by atomic mass is 32.1. The average Bonchev–Trinajstić information content (AvgIpc) is 3.20. The van der Waals surface area contributed by atoms with Gasteiger partial charge in [0.25, 0.3) is 0 Å². The number of nitrogens with one attached hydrogen (secondary N) is 2. The molecule has 0 saturated heterocycles. The summed E-state index contributed by atoms with van der Waals surface area (Å²) in [5, 5.41) is 6.64. The first-order chi connectivity index (χ1) is 16.1. The second-order valence-corrected chi connectivity index (χ2v) is 8.94. The summed E-state index contributed by atoms with van der Waals surface area (Å²) in [4.78, 5) is 26.3. The number of amides is 1. The number of rotatable bonds is 9. The van der Waals surface area contributed by atoms with Gasteiger partial charge in [0.15, 0.2) is 0 Å². The summed E-state index contributed by atoms with van der Waals surface area (Å²) in [5.74, 6) is 0.201. The van der Waals surface area contributed by atoms with Gasteiger partial charge in [-0.15, -0.1) is 11.3 Å². The zero-order chi connectivity index (χ0) is 23.0. The number of carbonyl (C=O) groups excluding carboxylic acids is 2. The second-order valence-electron chi connectivity index (χ2n) is 7.84. The molecule has 0 bridgehead atoms. The van der Waals surface area contributed by atoms with Crippen molar-refractivity contribution in [3.63, 3.8) is 0 Å². The van der Waals surface area contributed by atoms with Crippen molar-refractivity contribution in [2.45, 2.75) is 39.2 Å². The van der Waals surface area contributed by atoms with Crippen LogP contribution >= 0.6 is 11.3 Å². The molecule has 4 rings (SSSR count). The van der Waals surface area contributed by atoms with Crippen LogP contribution in [0.3, 0.4) is 0 Å². The fourth-order valence-corrected chi connectivity index (χ4v) is 5.13. The number of esters is 1. The van der Waals surface area contributed by atoms with E-state index in [1.165, 1.54) is 16.2 Å². The smallest absolute Gasteiger partial charge is 0.341 e. The number of hydrogen-bond acceptors (Lipinski definition) is 6. The number of ether oxygens (including phenoxy) is 2. The standard InChI is InChI=1S/C26H28N2O4S/c1-2-31-26(30)24-21-10-6-7-11-22(21)33-25(24)28-23(29)16-27-19-12-14-20(15-13-19)32-17-18-8-4-3-5-9-18/h3-5,8-9,12-15,27H,2,6-7,10-11,16-17H2,1H3,(H,28,29). The highest BCUT2D eigenvalue weighted by Crippen LogP contribution is 2.38. The summed E-state index contributed by atoms with van der Waals surface area (Å²) < 4.78 is 11.0. The Kier molecular flexibility index (Phi) is 7.62. The van der Waals surface area contributed by atoms with E-state index in [1.54, 1.807) is 6.92 Å². The van der Waals surface area contributed by atoms with Gasteiger partial charge in [0.2, 0.25) is 5.91 Å². The van der Waals surface area contributed by atoms with Crippen LogP contribution in [0.5, 0.6) is 5.75 Å². The summed E-state index contributed by atoms with van der Waals surface area (Å²) in [6.45, 7) is 2.69. The summed E-state index contributed by atoms with van der Waals surface area (Å²) >= 11 is 1.49. The van der Waals surface area contributed by atoms with Gasteiger partial charge in [-0.05, 0) is 68.0 Å². The molecule has 1 aliphatic rings. The van der Waals surface area contributed by atoms with E-state index in [4.69, 9.17) is 9.47 Å². The molecular weight excluding hydrogens is 436 g/mol. The maximum absolute atomic E-state index is 12.6. The van der Waals surface area contributed by atoms with Gasteiger partial charge in [-0.25, -0.2) is 4.79 Å². The minimum atomic E-state index is -0.355. The van der Waals surface area contributed by atoms with E-state index in [9.17, 15) is 9.59 Å². The van der Waals surface area contributed by atoms with Gasteiger partial charge in [-0.3, -0.25) is 4.79 Å². The molecule has 1 heterocycles. The Morgan fingerprint density at radius 1 is 1.00 bits per heavy atom. The van der Waals surface area contributed by atoms with Crippen LogP contribution in [0.1, 0.15) is 46.1 Å². The van der Waals surface area contributed by atoms with Crippen LogP contribution in [0.2, 0.25) is 0 Å². The fourth-order valence-electron chi connectivity index (χ4n) is 3.84. The van der Waals surface area contributed by atoms with Gasteiger partial charge in [0.05, 0.1) is 18.7 Å². The maximum atomic E-state index is 12.6. The van der Waals surface area contributed by atoms with Crippen molar-refractivity contribution in [3.05, 3.63) is 76.2 Å². The lowest BCUT2D eigenvalue weighted by Crippen LogP contribution is -2.22. The summed E-state index contributed by atoms with van der Waals surface area (Å²) in [6, 6.07) is 17.5. The number of thiophene rings is 1. The molecule has 2 N–H and O–H groups in total. The molecule has 3 aromatic rings. The lowest BCUT2D eigenvalue weighted by molar-refractivity contribution is -0.114. The third-order valence-electron chi connectivity index (χ3n) is 5.46. The first-order valence-corrected chi connectivity index (χ1v) is 12.1. The van der Waals surface area contributed by atoms with Gasteiger partial charge in [-0.1, -0.05) is 30.3 Å². The maximum Gasteiger partial charge on any atom is 0.341 e. The van der Waals surface area contributed by atoms with Crippen LogP contribution in [-0.2, 0) is 29.0 Å². The summed E-state index contributed by atoms with van der Waals surface area (Å²) in [6.07, 6.45) is 3.96. The molecule has 0 spiro atoms. The van der Waals surface area contributed by atoms with E-state index in [1.807, 2.05) is 54.6 Å². The molecule has 2 aromatic carbocycles. The van der Waals surface area contributed by atoms with Crippen molar-refractivity contribution in [2.75, 3.05) is 23.8 Å². The molecule has 0 fully saturated rings. The highest BCUT2D eigenvalue weighted by molar-refractivity contribution is 7.17. The van der Waals surface area contributed by atoms with Gasteiger partial charge in [-0.2, -0.15) is 0 Å². The number of carbonyl (C=O) groups is 2. The number of anilines is 2. The zero-order valence-corrected chi connectivity index (χ0v) is 19.5. The van der Waals surface area contributed by atoms with E-state index in [0.29, 0.717) is 23.8 Å². The molecule has 0 atom stereocenters. The minimum Gasteiger partial charge on any atom is -0.489 e. The number of fused-ring (bicyclic) bond motifs is 1. The van der Waals surface area contributed by atoms with E-state index >= 15 is 0 Å². The monoisotopic (exact) mass is 464 g/mol. The molecule has 33 heavy (non-hydrogen) atoms. The average molecular weight is 465 g/mol. The Hall–Kier alpha value is -3.32. The Morgan fingerprint density at radius 3 is 2.52 bits per heavy atom. The molecule has 6 nitrogen and oxygen atoms in total. The fraction of sp³-hybridized carbons (Fsp3) is 0.308. The van der Waals surface area contributed by atoms with E-state index in [2.05, 4.69) is 10.6 Å². The van der Waals surface area contributed by atoms with Crippen molar-refractivity contribution in [3.8, 4) is 5.75 Å². The largest absolute Gasteiger partial charge is 0.489 e. The van der Waals surface area contributed by atoms with E-state index in [0.717, 1.165) is 48.2 Å². The quantitative estimate of drug-likeness (QED) is 0.413. The molecule has 172 valence electrons. The van der Waals surface area contributed by atoms with Crippen molar-refractivity contribution < 1.29 is 19.1 Å². The molecule has 0 aliphatic heterocycles. The molecule has 1 aromatic heterocycles. The van der Waals surface area contributed by atoms with Gasteiger partial charge >= 0.3 is 5.97 Å². The van der Waals surface area contributed by atoms with Crippen LogP contribution in [0.15, 0.2) is 54.6 Å². The molecule has 0 radical (unpaired) electrons. The Labute approximate surface area is 197 Å². The number of hydrogen-bond donors (Lipinski definition) is 2. The second kappa shape index (κ2) is 11.0. The van der Waals surface area contributed by atoms with Crippen molar-refractivity contribution in [2.24, 2.45) is 0 Å². The predicted molar refractivity (Wildman–Crippen MR) is 131 cm³/mol. The van der Waals surface area contributed by atoms with Gasteiger partial charge in [0, 0.05) is 10.6 Å². The topological polar surface area (TPSA) is 76.7 Å². The molecule has 7 heteroatoms. The number of aryl methyl sites for hydroxylation is 1. The SMILES string of the molecule is CCOC(=O)c1c(NC(=O)CNc2ccc(OCc3ccccc3)cc2)sc2c1CCCC2. The molecular formula is C26H28N2O4S. The van der Waals surface area contributed by atoms with Crippen LogP contribution in [0.4, 0.5) is 10.7 Å². The zero-order valence-electron chi connectivity index (χ0n) is 18.7. The summed E-state index contributed by atoms with van der Waals surface area (Å²) in [7, 11) is 0. The Balaban J connectivity index is 1.33. The Morgan fingerprint density at radius 2 is 1.76 bits per heavy atom. The molecule has 0 saturated carbocycles.